The van der Waals surface area contributed by atoms with Crippen molar-refractivity contribution in [3.05, 3.63) is 30.1 Å². The predicted octanol–water partition coefficient (Wildman–Crippen LogP) is 1.71. The van der Waals surface area contributed by atoms with Crippen molar-refractivity contribution in [1.29, 1.82) is 5.26 Å². The van der Waals surface area contributed by atoms with Gasteiger partial charge in [0.15, 0.2) is 0 Å². The number of nitriles is 1. The van der Waals surface area contributed by atoms with Crippen molar-refractivity contribution in [2.75, 3.05) is 18.0 Å². The van der Waals surface area contributed by atoms with Crippen LogP contribution in [-0.4, -0.2) is 34.3 Å². The van der Waals surface area contributed by atoms with E-state index in [0.29, 0.717) is 23.5 Å². The number of rotatable bonds is 1. The van der Waals surface area contributed by atoms with Gasteiger partial charge in [-0.25, -0.2) is 0 Å². The Kier molecular flexibility index (Phi) is 3.25. The highest BCUT2D eigenvalue weighted by Crippen LogP contribution is 2.29. The summed E-state index contributed by atoms with van der Waals surface area (Å²) in [5.74, 6) is 0.432. The van der Waals surface area contributed by atoms with Gasteiger partial charge < -0.3 is 10.0 Å². The molecule has 2 aromatic rings. The van der Waals surface area contributed by atoms with E-state index < -0.39 is 0 Å². The summed E-state index contributed by atoms with van der Waals surface area (Å²) in [6.07, 6.45) is 3.74. The predicted molar refractivity (Wildman–Crippen MR) is 76.3 cm³/mol. The van der Waals surface area contributed by atoms with E-state index in [-0.39, 0.29) is 6.10 Å². The maximum Gasteiger partial charge on any atom is 0.113 e. The van der Waals surface area contributed by atoms with Gasteiger partial charge in [0.2, 0.25) is 0 Å². The zero-order valence-electron chi connectivity index (χ0n) is 11.3. The molecule has 0 saturated carbocycles. The van der Waals surface area contributed by atoms with Gasteiger partial charge in [-0.15, -0.1) is 0 Å². The summed E-state index contributed by atoms with van der Waals surface area (Å²) < 4.78 is 0. The first-order chi connectivity index (χ1) is 9.69. The normalized spacial score (nSPS) is 22.8. The highest BCUT2D eigenvalue weighted by Gasteiger charge is 2.25. The lowest BCUT2D eigenvalue weighted by Gasteiger charge is -2.36. The Labute approximate surface area is 117 Å². The second-order valence-electron chi connectivity index (χ2n) is 5.40. The Balaban J connectivity index is 2.11. The third-order valence-electron chi connectivity index (χ3n) is 3.70. The molecular formula is C15H16N4O. The first-order valence-electron chi connectivity index (χ1n) is 6.76. The molecule has 20 heavy (non-hydrogen) atoms. The zero-order valence-corrected chi connectivity index (χ0v) is 11.3. The molecule has 1 aromatic carbocycles. The van der Waals surface area contributed by atoms with Crippen molar-refractivity contribution in [3.63, 3.8) is 0 Å². The van der Waals surface area contributed by atoms with Crippen molar-refractivity contribution in [2.24, 2.45) is 5.92 Å². The summed E-state index contributed by atoms with van der Waals surface area (Å²) in [6.45, 7) is 3.61. The quantitative estimate of drug-likeness (QED) is 0.852. The standard InChI is InChI=1S/C15H16N4O/c1-10-6-12(20)9-19(8-10)13-3-2-11(7-16)14-15(13)18-5-4-17-14/h2-5,10,12,20H,6,8-9H2,1H3/t10-,12+/m0/s1. The molecule has 1 saturated heterocycles. The van der Waals surface area contributed by atoms with Crippen molar-refractivity contribution >= 4 is 16.7 Å². The Hall–Kier alpha value is -2.19. The van der Waals surface area contributed by atoms with Crippen LogP contribution in [0.2, 0.25) is 0 Å². The second-order valence-corrected chi connectivity index (χ2v) is 5.40. The summed E-state index contributed by atoms with van der Waals surface area (Å²) in [4.78, 5) is 10.8. The van der Waals surface area contributed by atoms with Gasteiger partial charge in [0, 0.05) is 25.5 Å². The van der Waals surface area contributed by atoms with E-state index >= 15 is 0 Å². The SMILES string of the molecule is C[C@H]1C[C@@H](O)CN(c2ccc(C#N)c3nccnc23)C1. The third-order valence-corrected chi connectivity index (χ3v) is 3.70. The molecule has 0 unspecified atom stereocenters. The van der Waals surface area contributed by atoms with Crippen molar-refractivity contribution in [2.45, 2.75) is 19.4 Å². The number of aliphatic hydroxyl groups is 1. The van der Waals surface area contributed by atoms with Gasteiger partial charge >= 0.3 is 0 Å². The number of piperidine rings is 1. The second kappa shape index (κ2) is 5.06. The van der Waals surface area contributed by atoms with E-state index in [1.807, 2.05) is 6.07 Å². The lowest BCUT2D eigenvalue weighted by molar-refractivity contribution is 0.132. The molecule has 0 bridgehead atoms. The van der Waals surface area contributed by atoms with E-state index in [1.54, 1.807) is 18.5 Å². The lowest BCUT2D eigenvalue weighted by atomic mass is 9.97. The monoisotopic (exact) mass is 268 g/mol. The maximum absolute atomic E-state index is 9.95. The smallest absolute Gasteiger partial charge is 0.113 e. The number of nitrogens with zero attached hydrogens (tertiary/aromatic N) is 4. The molecule has 1 aliphatic heterocycles. The van der Waals surface area contributed by atoms with Gasteiger partial charge in [-0.2, -0.15) is 5.26 Å². The molecule has 0 spiro atoms. The van der Waals surface area contributed by atoms with Crippen molar-refractivity contribution in [3.8, 4) is 6.07 Å². The van der Waals surface area contributed by atoms with E-state index in [4.69, 9.17) is 5.26 Å². The van der Waals surface area contributed by atoms with Gasteiger partial charge in [-0.1, -0.05) is 6.92 Å². The Morgan fingerprint density at radius 1 is 1.25 bits per heavy atom. The fraction of sp³-hybridized carbons (Fsp3) is 0.400. The van der Waals surface area contributed by atoms with E-state index in [2.05, 4.69) is 27.9 Å². The number of benzene rings is 1. The molecule has 1 N–H and O–H groups in total. The topological polar surface area (TPSA) is 73.0 Å². The number of aromatic nitrogens is 2. The summed E-state index contributed by atoms with van der Waals surface area (Å²) in [5, 5.41) is 19.1. The molecule has 1 aromatic heterocycles. The maximum atomic E-state index is 9.95. The van der Waals surface area contributed by atoms with Crippen LogP contribution in [0.3, 0.4) is 0 Å². The number of aliphatic hydroxyl groups excluding tert-OH is 1. The summed E-state index contributed by atoms with van der Waals surface area (Å²) in [7, 11) is 0. The van der Waals surface area contributed by atoms with Crippen molar-refractivity contribution in [1.82, 2.24) is 9.97 Å². The molecule has 2 heterocycles. The highest BCUT2D eigenvalue weighted by atomic mass is 16.3. The lowest BCUT2D eigenvalue weighted by Crippen LogP contribution is -2.42. The van der Waals surface area contributed by atoms with Crippen LogP contribution in [0.5, 0.6) is 0 Å². The van der Waals surface area contributed by atoms with Crippen LogP contribution in [0.15, 0.2) is 24.5 Å². The number of β-amino-alcohol motifs (C(OH)–C–C–N with tert-alkyl or cyclic N) is 1. The fourth-order valence-electron chi connectivity index (χ4n) is 2.90. The third kappa shape index (κ3) is 2.19. The molecule has 2 atom stereocenters. The van der Waals surface area contributed by atoms with Crippen LogP contribution in [0.4, 0.5) is 5.69 Å². The van der Waals surface area contributed by atoms with Crippen LogP contribution in [-0.2, 0) is 0 Å². The number of hydrogen-bond acceptors (Lipinski definition) is 5. The van der Waals surface area contributed by atoms with Crippen LogP contribution in [0, 0.1) is 17.2 Å². The molecule has 0 radical (unpaired) electrons. The Bertz CT molecular complexity index is 669. The highest BCUT2D eigenvalue weighted by molar-refractivity contribution is 5.91. The molecule has 5 heteroatoms. The number of fused-ring (bicyclic) bond motifs is 1. The Morgan fingerprint density at radius 2 is 2.00 bits per heavy atom. The number of hydrogen-bond donors (Lipinski definition) is 1. The minimum absolute atomic E-state index is 0.318. The molecular weight excluding hydrogens is 252 g/mol. The van der Waals surface area contributed by atoms with Gasteiger partial charge in [0.25, 0.3) is 0 Å². The first-order valence-corrected chi connectivity index (χ1v) is 6.76. The zero-order chi connectivity index (χ0) is 14.1. The van der Waals surface area contributed by atoms with Gasteiger partial charge in [-0.3, -0.25) is 9.97 Å². The van der Waals surface area contributed by atoms with Gasteiger partial charge in [0.05, 0.1) is 17.4 Å². The van der Waals surface area contributed by atoms with E-state index in [0.717, 1.165) is 24.2 Å². The summed E-state index contributed by atoms with van der Waals surface area (Å²) >= 11 is 0. The van der Waals surface area contributed by atoms with Crippen LogP contribution in [0.1, 0.15) is 18.9 Å². The Morgan fingerprint density at radius 3 is 2.70 bits per heavy atom. The average molecular weight is 268 g/mol. The van der Waals surface area contributed by atoms with Crippen LogP contribution >= 0.6 is 0 Å². The molecule has 0 amide bonds. The molecule has 0 aliphatic carbocycles. The van der Waals surface area contributed by atoms with Crippen LogP contribution < -0.4 is 4.90 Å². The number of anilines is 1. The molecule has 1 fully saturated rings. The minimum Gasteiger partial charge on any atom is -0.391 e. The minimum atomic E-state index is -0.318. The first kappa shape index (κ1) is 12.8. The summed E-state index contributed by atoms with van der Waals surface area (Å²) in [5.41, 5.74) is 2.83. The van der Waals surface area contributed by atoms with Gasteiger partial charge in [-0.05, 0) is 24.5 Å². The van der Waals surface area contributed by atoms with Crippen LogP contribution in [0.25, 0.3) is 11.0 Å². The molecule has 5 nitrogen and oxygen atoms in total. The van der Waals surface area contributed by atoms with Gasteiger partial charge in [0.1, 0.15) is 17.1 Å². The van der Waals surface area contributed by atoms with E-state index in [9.17, 15) is 5.11 Å². The largest absolute Gasteiger partial charge is 0.391 e. The fourth-order valence-corrected chi connectivity index (χ4v) is 2.90. The average Bonchev–Trinajstić information content (AvgIpc) is 2.45. The molecule has 102 valence electrons. The van der Waals surface area contributed by atoms with E-state index in [1.165, 1.54) is 0 Å². The van der Waals surface area contributed by atoms with Crippen molar-refractivity contribution < 1.29 is 5.11 Å². The molecule has 1 aliphatic rings. The molecule has 3 rings (SSSR count). The summed E-state index contributed by atoms with van der Waals surface area (Å²) in [6, 6.07) is 5.83.